The molecule has 1 unspecified atom stereocenters. The Bertz CT molecular complexity index is 378. The predicted octanol–water partition coefficient (Wildman–Crippen LogP) is 2.22. The fourth-order valence-electron chi connectivity index (χ4n) is 2.05. The number of carbonyl (C=O) groups is 1. The zero-order valence-corrected chi connectivity index (χ0v) is 10.2. The minimum Gasteiger partial charge on any atom is -0.477 e. The van der Waals surface area contributed by atoms with Gasteiger partial charge in [0.2, 0.25) is 0 Å². The van der Waals surface area contributed by atoms with Gasteiger partial charge in [0.1, 0.15) is 9.88 Å². The van der Waals surface area contributed by atoms with Crippen molar-refractivity contribution in [1.82, 2.24) is 9.88 Å². The molecule has 0 aromatic carbocycles. The van der Waals surface area contributed by atoms with Crippen LogP contribution in [0, 0.1) is 0 Å². The zero-order valence-electron chi connectivity index (χ0n) is 9.35. The van der Waals surface area contributed by atoms with E-state index in [-0.39, 0.29) is 0 Å². The molecule has 1 aliphatic rings. The molecule has 1 N–H and O–H groups in total. The van der Waals surface area contributed by atoms with Gasteiger partial charge in [-0.25, -0.2) is 9.78 Å². The van der Waals surface area contributed by atoms with Crippen molar-refractivity contribution in [3.63, 3.8) is 0 Å². The van der Waals surface area contributed by atoms with E-state index in [1.54, 1.807) is 0 Å². The van der Waals surface area contributed by atoms with Crippen molar-refractivity contribution >= 4 is 17.3 Å². The fourth-order valence-corrected chi connectivity index (χ4v) is 2.83. The van der Waals surface area contributed by atoms with Crippen LogP contribution in [-0.2, 0) is 6.54 Å². The van der Waals surface area contributed by atoms with E-state index in [0.717, 1.165) is 18.1 Å². The van der Waals surface area contributed by atoms with Crippen LogP contribution in [0.2, 0.25) is 0 Å². The van der Waals surface area contributed by atoms with Crippen molar-refractivity contribution in [3.8, 4) is 0 Å². The van der Waals surface area contributed by atoms with Crippen molar-refractivity contribution in [2.45, 2.75) is 38.8 Å². The van der Waals surface area contributed by atoms with E-state index in [4.69, 9.17) is 5.11 Å². The van der Waals surface area contributed by atoms with Gasteiger partial charge >= 0.3 is 5.97 Å². The quantitative estimate of drug-likeness (QED) is 0.880. The summed E-state index contributed by atoms with van der Waals surface area (Å²) in [5.41, 5.74) is 0. The maximum Gasteiger partial charge on any atom is 0.347 e. The Morgan fingerprint density at radius 2 is 2.50 bits per heavy atom. The number of aromatic nitrogens is 1. The van der Waals surface area contributed by atoms with Crippen molar-refractivity contribution in [2.24, 2.45) is 0 Å². The minimum atomic E-state index is -0.879. The summed E-state index contributed by atoms with van der Waals surface area (Å²) in [7, 11) is 0. The third-order valence-electron chi connectivity index (χ3n) is 3.04. The SMILES string of the molecule is CC1CCCCN1Cc1ncc(C(=O)O)s1. The molecule has 2 rings (SSSR count). The Kier molecular flexibility index (Phi) is 3.56. The third kappa shape index (κ3) is 2.59. The highest BCUT2D eigenvalue weighted by atomic mass is 32.1. The molecular formula is C11H16N2O2S. The Labute approximate surface area is 98.9 Å². The van der Waals surface area contributed by atoms with Crippen LogP contribution in [0.1, 0.15) is 40.9 Å². The van der Waals surface area contributed by atoms with Crippen molar-refractivity contribution in [1.29, 1.82) is 0 Å². The molecule has 1 aromatic heterocycles. The molecule has 0 amide bonds. The van der Waals surface area contributed by atoms with Crippen molar-refractivity contribution in [2.75, 3.05) is 6.54 Å². The highest BCUT2D eigenvalue weighted by molar-refractivity contribution is 7.13. The van der Waals surface area contributed by atoms with Gasteiger partial charge in [0.25, 0.3) is 0 Å². The molecule has 5 heteroatoms. The molecule has 16 heavy (non-hydrogen) atoms. The average Bonchev–Trinajstić information content (AvgIpc) is 2.70. The van der Waals surface area contributed by atoms with E-state index in [1.807, 2.05) is 0 Å². The molecule has 0 bridgehead atoms. The van der Waals surface area contributed by atoms with Gasteiger partial charge in [0.15, 0.2) is 0 Å². The number of rotatable bonds is 3. The molecule has 1 aliphatic heterocycles. The van der Waals surface area contributed by atoms with Crippen LogP contribution >= 0.6 is 11.3 Å². The second-order valence-electron chi connectivity index (χ2n) is 4.24. The van der Waals surface area contributed by atoms with Crippen LogP contribution in [0.3, 0.4) is 0 Å². The summed E-state index contributed by atoms with van der Waals surface area (Å²) in [6.07, 6.45) is 5.23. The van der Waals surface area contributed by atoms with Crippen LogP contribution in [0.5, 0.6) is 0 Å². The number of piperidine rings is 1. The normalized spacial score (nSPS) is 22.2. The zero-order chi connectivity index (χ0) is 11.5. The highest BCUT2D eigenvalue weighted by Crippen LogP contribution is 2.21. The molecule has 0 radical (unpaired) electrons. The number of hydrogen-bond acceptors (Lipinski definition) is 4. The first-order valence-electron chi connectivity index (χ1n) is 5.59. The number of carboxylic acid groups (broad SMARTS) is 1. The van der Waals surface area contributed by atoms with Crippen LogP contribution in [0.15, 0.2) is 6.20 Å². The summed E-state index contributed by atoms with van der Waals surface area (Å²) in [4.78, 5) is 17.6. The summed E-state index contributed by atoms with van der Waals surface area (Å²) < 4.78 is 0. The first-order chi connectivity index (χ1) is 7.66. The summed E-state index contributed by atoms with van der Waals surface area (Å²) >= 11 is 1.28. The number of thiazole rings is 1. The van der Waals surface area contributed by atoms with Crippen LogP contribution in [0.4, 0.5) is 0 Å². The smallest absolute Gasteiger partial charge is 0.347 e. The van der Waals surface area contributed by atoms with Crippen molar-refractivity contribution in [3.05, 3.63) is 16.1 Å². The molecule has 0 spiro atoms. The molecule has 4 nitrogen and oxygen atoms in total. The van der Waals surface area contributed by atoms with Gasteiger partial charge < -0.3 is 5.11 Å². The monoisotopic (exact) mass is 240 g/mol. The van der Waals surface area contributed by atoms with Crippen LogP contribution in [-0.4, -0.2) is 33.5 Å². The second-order valence-corrected chi connectivity index (χ2v) is 5.35. The maximum atomic E-state index is 10.7. The maximum absolute atomic E-state index is 10.7. The minimum absolute atomic E-state index is 0.333. The van der Waals surface area contributed by atoms with Gasteiger partial charge in [-0.15, -0.1) is 11.3 Å². The first-order valence-corrected chi connectivity index (χ1v) is 6.40. The van der Waals surface area contributed by atoms with E-state index >= 15 is 0 Å². The summed E-state index contributed by atoms with van der Waals surface area (Å²) in [5, 5.41) is 9.72. The molecular weight excluding hydrogens is 224 g/mol. The van der Waals surface area contributed by atoms with E-state index in [2.05, 4.69) is 16.8 Å². The van der Waals surface area contributed by atoms with E-state index in [1.165, 1.54) is 36.8 Å². The molecule has 1 atom stereocenters. The lowest BCUT2D eigenvalue weighted by Gasteiger charge is -2.32. The Hall–Kier alpha value is -0.940. The van der Waals surface area contributed by atoms with Crippen LogP contribution in [0.25, 0.3) is 0 Å². The summed E-state index contributed by atoms with van der Waals surface area (Å²) in [5.74, 6) is -0.879. The number of hydrogen-bond donors (Lipinski definition) is 1. The van der Waals surface area contributed by atoms with Gasteiger partial charge in [-0.05, 0) is 26.3 Å². The van der Waals surface area contributed by atoms with Gasteiger partial charge in [-0.2, -0.15) is 0 Å². The molecule has 0 saturated carbocycles. The molecule has 1 aromatic rings. The third-order valence-corrected chi connectivity index (χ3v) is 4.01. The largest absolute Gasteiger partial charge is 0.477 e. The van der Waals surface area contributed by atoms with Crippen molar-refractivity contribution < 1.29 is 9.90 Å². The fraction of sp³-hybridized carbons (Fsp3) is 0.636. The van der Waals surface area contributed by atoms with Gasteiger partial charge in [-0.1, -0.05) is 6.42 Å². The lowest BCUT2D eigenvalue weighted by Crippen LogP contribution is -2.36. The lowest BCUT2D eigenvalue weighted by atomic mass is 10.0. The molecule has 1 saturated heterocycles. The Morgan fingerprint density at radius 1 is 1.69 bits per heavy atom. The Balaban J connectivity index is 1.99. The molecule has 88 valence electrons. The van der Waals surface area contributed by atoms with Gasteiger partial charge in [0, 0.05) is 6.04 Å². The standard InChI is InChI=1S/C11H16N2O2S/c1-8-4-2-3-5-13(8)7-10-12-6-9(16-10)11(14)15/h6,8H,2-5,7H2,1H3,(H,14,15). The number of aromatic carboxylic acids is 1. The Morgan fingerprint density at radius 3 is 3.12 bits per heavy atom. The van der Waals surface area contributed by atoms with E-state index in [9.17, 15) is 4.79 Å². The number of likely N-dealkylation sites (tertiary alicyclic amines) is 1. The van der Waals surface area contributed by atoms with Crippen LogP contribution < -0.4 is 0 Å². The predicted molar refractivity (Wildman–Crippen MR) is 62.8 cm³/mol. The van der Waals surface area contributed by atoms with Gasteiger partial charge in [0.05, 0.1) is 12.7 Å². The molecule has 2 heterocycles. The topological polar surface area (TPSA) is 53.4 Å². The summed E-state index contributed by atoms with van der Waals surface area (Å²) in [6.45, 7) is 4.12. The van der Waals surface area contributed by atoms with Gasteiger partial charge in [-0.3, -0.25) is 4.90 Å². The summed E-state index contributed by atoms with van der Waals surface area (Å²) in [6, 6.07) is 0.589. The second kappa shape index (κ2) is 4.93. The number of carboxylic acids is 1. The first kappa shape index (κ1) is 11.5. The van der Waals surface area contributed by atoms with E-state index < -0.39 is 5.97 Å². The molecule has 0 aliphatic carbocycles. The van der Waals surface area contributed by atoms with E-state index in [0.29, 0.717) is 10.9 Å². The molecule has 1 fully saturated rings. The number of nitrogens with zero attached hydrogens (tertiary/aromatic N) is 2. The average molecular weight is 240 g/mol. The highest BCUT2D eigenvalue weighted by Gasteiger charge is 2.19. The lowest BCUT2D eigenvalue weighted by molar-refractivity contribution is 0.0702.